The molecule has 0 bridgehead atoms. The minimum atomic E-state index is -0.961. The van der Waals surface area contributed by atoms with E-state index >= 15 is 0 Å². The maximum Gasteiger partial charge on any atom is 0.317 e. The average Bonchev–Trinajstić information content (AvgIpc) is 2.99. The third-order valence-electron chi connectivity index (χ3n) is 6.92. The van der Waals surface area contributed by atoms with Crippen LogP contribution >= 0.6 is 0 Å². The summed E-state index contributed by atoms with van der Waals surface area (Å²) >= 11 is 0. The second-order valence-electron chi connectivity index (χ2n) is 10.6. The van der Waals surface area contributed by atoms with Crippen molar-refractivity contribution in [2.75, 3.05) is 145 Å². The first-order valence-electron chi connectivity index (χ1n) is 15.5. The molecule has 1 aliphatic heterocycles. The number of nitrogens with zero attached hydrogens (tertiary/aromatic N) is 5. The zero-order valence-corrected chi connectivity index (χ0v) is 27.0. The monoisotopic (exact) mass is 649 g/mol. The first-order valence-corrected chi connectivity index (χ1v) is 15.5. The number of carbonyl (C=O) groups is 4. The topological polar surface area (TPSA) is 200 Å². The third-order valence-corrected chi connectivity index (χ3v) is 6.92. The van der Waals surface area contributed by atoms with Gasteiger partial charge in [-0.2, -0.15) is 0 Å². The SMILES string of the molecule is CCN(CCN(CCN(C)CC(=O)O)CC(=O)O)CC(=O)NCCOCCOCCOCCOCCC(=O)N1CCN(N)CC1. The molecule has 0 saturated carbocycles. The van der Waals surface area contributed by atoms with Gasteiger partial charge in [-0.3, -0.25) is 39.7 Å². The molecule has 2 amide bonds. The lowest BCUT2D eigenvalue weighted by atomic mass is 10.3. The minimum absolute atomic E-state index is 0.0808. The Labute approximate surface area is 266 Å². The van der Waals surface area contributed by atoms with Crippen LogP contribution in [-0.2, 0) is 38.1 Å². The van der Waals surface area contributed by atoms with Crippen molar-refractivity contribution in [1.29, 1.82) is 0 Å². The highest BCUT2D eigenvalue weighted by Crippen LogP contribution is 2.01. The molecule has 0 aromatic rings. The summed E-state index contributed by atoms with van der Waals surface area (Å²) in [6.45, 7) is 10.4. The van der Waals surface area contributed by atoms with Crippen molar-refractivity contribution in [3.8, 4) is 0 Å². The highest BCUT2D eigenvalue weighted by Gasteiger charge is 2.19. The number of nitrogens with two attached hydrogens (primary N) is 1. The van der Waals surface area contributed by atoms with Crippen LogP contribution in [0.2, 0.25) is 0 Å². The Balaban J connectivity index is 1.99. The fourth-order valence-corrected chi connectivity index (χ4v) is 4.29. The molecule has 1 fully saturated rings. The van der Waals surface area contributed by atoms with E-state index < -0.39 is 11.9 Å². The second kappa shape index (κ2) is 25.7. The fraction of sp³-hybridized carbons (Fsp3) is 0.857. The van der Waals surface area contributed by atoms with E-state index in [0.29, 0.717) is 125 Å². The van der Waals surface area contributed by atoms with Crippen molar-refractivity contribution in [3.05, 3.63) is 0 Å². The van der Waals surface area contributed by atoms with Gasteiger partial charge in [-0.1, -0.05) is 6.92 Å². The summed E-state index contributed by atoms with van der Waals surface area (Å²) < 4.78 is 21.9. The van der Waals surface area contributed by atoms with E-state index in [4.69, 9.17) is 29.9 Å². The number of hydrogen-bond donors (Lipinski definition) is 4. The summed E-state index contributed by atoms with van der Waals surface area (Å²) in [7, 11) is 1.67. The summed E-state index contributed by atoms with van der Waals surface area (Å²) in [5, 5.41) is 22.6. The Kier molecular flexibility index (Phi) is 23.1. The Morgan fingerprint density at radius 2 is 1.22 bits per heavy atom. The minimum Gasteiger partial charge on any atom is -0.480 e. The van der Waals surface area contributed by atoms with E-state index in [0.717, 1.165) is 0 Å². The highest BCUT2D eigenvalue weighted by atomic mass is 16.6. The molecule has 1 aliphatic rings. The van der Waals surface area contributed by atoms with Gasteiger partial charge in [-0.15, -0.1) is 0 Å². The van der Waals surface area contributed by atoms with Gasteiger partial charge in [0, 0.05) is 58.9 Å². The van der Waals surface area contributed by atoms with Crippen molar-refractivity contribution in [3.63, 3.8) is 0 Å². The van der Waals surface area contributed by atoms with Gasteiger partial charge in [0.05, 0.1) is 78.9 Å². The van der Waals surface area contributed by atoms with Crippen molar-refractivity contribution in [2.24, 2.45) is 5.84 Å². The number of nitrogens with one attached hydrogen (secondary N) is 1. The van der Waals surface area contributed by atoms with E-state index in [9.17, 15) is 24.3 Å². The molecule has 5 N–H and O–H groups in total. The van der Waals surface area contributed by atoms with E-state index in [1.807, 2.05) is 16.7 Å². The van der Waals surface area contributed by atoms with Crippen LogP contribution in [0.4, 0.5) is 0 Å². The lowest BCUT2D eigenvalue weighted by Crippen LogP contribution is -2.51. The number of amides is 2. The summed E-state index contributed by atoms with van der Waals surface area (Å²) in [5.41, 5.74) is 0. The Morgan fingerprint density at radius 3 is 1.78 bits per heavy atom. The highest BCUT2D eigenvalue weighted by molar-refractivity contribution is 5.78. The predicted octanol–water partition coefficient (Wildman–Crippen LogP) is -2.70. The summed E-state index contributed by atoms with van der Waals surface area (Å²) in [6, 6.07) is 0. The number of likely N-dealkylation sites (N-methyl/N-ethyl adjacent to an activating group) is 2. The fourth-order valence-electron chi connectivity index (χ4n) is 4.29. The van der Waals surface area contributed by atoms with Gasteiger partial charge in [0.25, 0.3) is 0 Å². The molecular formula is C28H55N7O10. The summed E-state index contributed by atoms with van der Waals surface area (Å²) in [4.78, 5) is 53.6. The first-order chi connectivity index (χ1) is 21.6. The zero-order valence-electron chi connectivity index (χ0n) is 27.0. The van der Waals surface area contributed by atoms with Crippen LogP contribution in [0.25, 0.3) is 0 Å². The average molecular weight is 650 g/mol. The molecule has 0 aromatic heterocycles. The van der Waals surface area contributed by atoms with Gasteiger partial charge in [-0.05, 0) is 13.6 Å². The van der Waals surface area contributed by atoms with E-state index in [1.54, 1.807) is 21.9 Å². The lowest BCUT2D eigenvalue weighted by molar-refractivity contribution is -0.140. The number of hydrogen-bond acceptors (Lipinski definition) is 13. The van der Waals surface area contributed by atoms with Crippen LogP contribution < -0.4 is 11.2 Å². The number of carboxylic acid groups (broad SMARTS) is 2. The van der Waals surface area contributed by atoms with Crippen LogP contribution in [0.15, 0.2) is 0 Å². The molecule has 0 unspecified atom stereocenters. The Hall–Kier alpha value is -2.48. The number of hydrazine groups is 1. The molecule has 0 radical (unpaired) electrons. The van der Waals surface area contributed by atoms with Crippen molar-refractivity contribution < 1.29 is 48.3 Å². The molecule has 262 valence electrons. The number of carboxylic acids is 2. The van der Waals surface area contributed by atoms with E-state index in [-0.39, 0.29) is 31.4 Å². The summed E-state index contributed by atoms with van der Waals surface area (Å²) in [6.07, 6.45) is 0.349. The van der Waals surface area contributed by atoms with Gasteiger partial charge in [0.1, 0.15) is 0 Å². The standard InChI is InChI=1S/C28H55N7O10/c1-3-32(8-9-33(24-28(40)41)7-6-31(2)23-27(38)39)22-25(36)30-5-15-43-17-19-45-21-20-44-18-16-42-14-4-26(37)34-10-12-35(29)13-11-34/h3-24,29H2,1-2H3,(H,30,36)(H,38,39)(H,40,41). The van der Waals surface area contributed by atoms with Crippen LogP contribution in [0, 0.1) is 0 Å². The quantitative estimate of drug-likeness (QED) is 0.0504. The van der Waals surface area contributed by atoms with Crippen LogP contribution in [0.3, 0.4) is 0 Å². The largest absolute Gasteiger partial charge is 0.480 e. The third kappa shape index (κ3) is 22.6. The number of aliphatic carboxylic acids is 2. The van der Waals surface area contributed by atoms with Crippen molar-refractivity contribution in [1.82, 2.24) is 29.9 Å². The maximum atomic E-state index is 12.3. The second-order valence-corrected chi connectivity index (χ2v) is 10.6. The molecule has 1 heterocycles. The molecule has 0 spiro atoms. The smallest absolute Gasteiger partial charge is 0.317 e. The van der Waals surface area contributed by atoms with E-state index in [1.165, 1.54) is 0 Å². The molecule has 1 saturated heterocycles. The van der Waals surface area contributed by atoms with E-state index in [2.05, 4.69) is 5.32 Å². The predicted molar refractivity (Wildman–Crippen MR) is 165 cm³/mol. The molecule has 0 aromatic carbocycles. The van der Waals surface area contributed by atoms with Gasteiger partial charge < -0.3 is 39.4 Å². The number of ether oxygens (including phenoxy) is 4. The van der Waals surface area contributed by atoms with Gasteiger partial charge in [-0.25, -0.2) is 5.01 Å². The normalized spacial score (nSPS) is 14.0. The molecular weight excluding hydrogens is 594 g/mol. The van der Waals surface area contributed by atoms with Gasteiger partial charge in [0.2, 0.25) is 11.8 Å². The maximum absolute atomic E-state index is 12.3. The summed E-state index contributed by atoms with van der Waals surface area (Å²) in [5.74, 6) is 3.73. The lowest BCUT2D eigenvalue weighted by Gasteiger charge is -2.32. The van der Waals surface area contributed by atoms with Crippen LogP contribution in [0.5, 0.6) is 0 Å². The molecule has 0 aliphatic carbocycles. The van der Waals surface area contributed by atoms with Crippen molar-refractivity contribution >= 4 is 23.8 Å². The molecule has 0 atom stereocenters. The molecule has 17 heteroatoms. The van der Waals surface area contributed by atoms with Crippen molar-refractivity contribution in [2.45, 2.75) is 13.3 Å². The van der Waals surface area contributed by atoms with Crippen LogP contribution in [-0.4, -0.2) is 204 Å². The number of carbonyl (C=O) groups excluding carboxylic acids is 2. The molecule has 1 rings (SSSR count). The number of rotatable bonds is 28. The molecule has 45 heavy (non-hydrogen) atoms. The van der Waals surface area contributed by atoms with Gasteiger partial charge in [0.15, 0.2) is 0 Å². The van der Waals surface area contributed by atoms with Gasteiger partial charge >= 0.3 is 11.9 Å². The first kappa shape index (κ1) is 40.5. The Bertz CT molecular complexity index is 834. The number of piperazine rings is 1. The zero-order chi connectivity index (χ0) is 33.3. The Morgan fingerprint density at radius 1 is 0.711 bits per heavy atom. The van der Waals surface area contributed by atoms with Crippen LogP contribution in [0.1, 0.15) is 13.3 Å². The molecule has 17 nitrogen and oxygen atoms in total.